The fourth-order valence-corrected chi connectivity index (χ4v) is 4.05. The lowest BCUT2D eigenvalue weighted by Gasteiger charge is -2.26. The van der Waals surface area contributed by atoms with E-state index in [1.165, 1.54) is 18.1 Å². The number of hydrogen-bond acceptors (Lipinski definition) is 6. The fourth-order valence-electron chi connectivity index (χ4n) is 3.93. The van der Waals surface area contributed by atoms with Gasteiger partial charge in [-0.3, -0.25) is 9.59 Å². The molecule has 1 unspecified atom stereocenters. The van der Waals surface area contributed by atoms with Crippen molar-refractivity contribution in [3.05, 3.63) is 82.9 Å². The summed E-state index contributed by atoms with van der Waals surface area (Å²) < 4.78 is 7.09. The molecule has 0 radical (unpaired) electrons. The van der Waals surface area contributed by atoms with Crippen molar-refractivity contribution in [3.8, 4) is 11.5 Å². The van der Waals surface area contributed by atoms with Crippen LogP contribution < -0.4 is 4.74 Å². The number of ether oxygens (including phenoxy) is 1. The molecule has 1 amide bonds. The zero-order valence-electron chi connectivity index (χ0n) is 17.8. The van der Waals surface area contributed by atoms with Crippen LogP contribution in [0.4, 0.5) is 0 Å². The van der Waals surface area contributed by atoms with E-state index in [0.29, 0.717) is 29.1 Å². The summed E-state index contributed by atoms with van der Waals surface area (Å²) in [4.78, 5) is 31.5. The van der Waals surface area contributed by atoms with Crippen LogP contribution in [0, 0.1) is 0 Å². The smallest absolute Gasteiger partial charge is 0.295 e. The van der Waals surface area contributed by atoms with Gasteiger partial charge in [-0.2, -0.15) is 0 Å². The van der Waals surface area contributed by atoms with E-state index in [-0.39, 0.29) is 29.4 Å². The zero-order chi connectivity index (χ0) is 23.5. The number of aromatic nitrogens is 2. The first-order valence-corrected chi connectivity index (χ1v) is 10.7. The average Bonchev–Trinajstić information content (AvgIpc) is 3.42. The van der Waals surface area contributed by atoms with Crippen LogP contribution in [-0.4, -0.2) is 50.0 Å². The summed E-state index contributed by atoms with van der Waals surface area (Å²) in [5.74, 6) is -1.64. The molecule has 4 rings (SSSR count). The van der Waals surface area contributed by atoms with Crippen molar-refractivity contribution in [2.45, 2.75) is 19.0 Å². The first-order valence-electron chi connectivity index (χ1n) is 10.3. The first kappa shape index (κ1) is 22.4. The van der Waals surface area contributed by atoms with Crippen molar-refractivity contribution in [2.24, 2.45) is 0 Å². The van der Waals surface area contributed by atoms with E-state index in [4.69, 9.17) is 16.3 Å². The number of Topliss-reactive ketones (excluding diaryl/α,β-unsaturated/α-hetero) is 1. The number of carbonyl (C=O) groups excluding carboxylic acids is 2. The van der Waals surface area contributed by atoms with Gasteiger partial charge in [0.2, 0.25) is 0 Å². The van der Waals surface area contributed by atoms with Crippen LogP contribution in [0.5, 0.6) is 11.5 Å². The number of hydrogen-bond donors (Lipinski definition) is 2. The van der Waals surface area contributed by atoms with Gasteiger partial charge < -0.3 is 24.4 Å². The van der Waals surface area contributed by atoms with Gasteiger partial charge in [0.15, 0.2) is 11.5 Å². The molecule has 0 bridgehead atoms. The summed E-state index contributed by atoms with van der Waals surface area (Å²) in [5, 5.41) is 21.5. The number of methoxy groups -OCH3 is 1. The maximum Gasteiger partial charge on any atom is 0.295 e. The first-order chi connectivity index (χ1) is 15.9. The second-order valence-corrected chi connectivity index (χ2v) is 8.02. The highest BCUT2D eigenvalue weighted by Gasteiger charge is 2.46. The number of imidazole rings is 1. The molecule has 170 valence electrons. The summed E-state index contributed by atoms with van der Waals surface area (Å²) in [5.41, 5.74) is 0.867. The molecule has 1 aliphatic heterocycles. The molecule has 1 aromatic heterocycles. The molecule has 3 aromatic rings. The Balaban J connectivity index is 1.76. The number of aryl methyl sites for hydroxylation is 1. The quantitative estimate of drug-likeness (QED) is 0.311. The molecular weight excluding hydrogens is 446 g/mol. The fraction of sp³-hybridized carbons (Fsp3) is 0.208. The molecule has 8 nitrogen and oxygen atoms in total. The third-order valence-electron chi connectivity index (χ3n) is 5.55. The predicted molar refractivity (Wildman–Crippen MR) is 122 cm³/mol. The molecule has 2 heterocycles. The number of benzene rings is 2. The Labute approximate surface area is 195 Å². The highest BCUT2D eigenvalue weighted by molar-refractivity contribution is 6.46. The second-order valence-electron chi connectivity index (χ2n) is 7.58. The van der Waals surface area contributed by atoms with Gasteiger partial charge >= 0.3 is 0 Å². The maximum absolute atomic E-state index is 13.1. The van der Waals surface area contributed by atoms with Gasteiger partial charge in [-0.15, -0.1) is 0 Å². The monoisotopic (exact) mass is 467 g/mol. The molecule has 1 fully saturated rings. The molecule has 2 N–H and O–H groups in total. The van der Waals surface area contributed by atoms with Crippen LogP contribution in [0.25, 0.3) is 5.76 Å². The number of carbonyl (C=O) groups is 2. The van der Waals surface area contributed by atoms with E-state index < -0.39 is 17.7 Å². The third-order valence-corrected chi connectivity index (χ3v) is 5.80. The minimum atomic E-state index is -0.849. The number of halogens is 1. The maximum atomic E-state index is 13.1. The summed E-state index contributed by atoms with van der Waals surface area (Å²) >= 11 is 5.95. The number of likely N-dealkylation sites (tertiary alicyclic amines) is 1. The summed E-state index contributed by atoms with van der Waals surface area (Å²) in [6.45, 7) is 0.875. The van der Waals surface area contributed by atoms with Crippen molar-refractivity contribution >= 4 is 29.1 Å². The standard InChI is InChI=1S/C24H22ClN3O5/c1-33-19-13-16(5-8-18(19)29)21-20(22(30)15-3-6-17(25)7-4-15)23(31)24(32)28(21)11-2-10-27-12-9-26-14-27/h3-9,12-14,21,29-30H,2,10-11H2,1H3/b22-20+. The Bertz CT molecular complexity index is 1210. The van der Waals surface area contributed by atoms with Crippen LogP contribution in [0.2, 0.25) is 5.02 Å². The number of amides is 1. The van der Waals surface area contributed by atoms with Crippen LogP contribution in [-0.2, 0) is 16.1 Å². The second kappa shape index (κ2) is 9.38. The molecule has 2 aromatic carbocycles. The van der Waals surface area contributed by atoms with Gasteiger partial charge in [-0.05, 0) is 48.4 Å². The van der Waals surface area contributed by atoms with Crippen LogP contribution in [0.3, 0.4) is 0 Å². The number of ketones is 1. The lowest BCUT2D eigenvalue weighted by atomic mass is 9.95. The van der Waals surface area contributed by atoms with Crippen molar-refractivity contribution in [1.82, 2.24) is 14.5 Å². The SMILES string of the molecule is COc1cc(C2/C(=C(\O)c3ccc(Cl)cc3)C(=O)C(=O)N2CCCn2ccnc2)ccc1O. The normalized spacial score (nSPS) is 17.5. The van der Waals surface area contributed by atoms with Crippen molar-refractivity contribution in [2.75, 3.05) is 13.7 Å². The van der Waals surface area contributed by atoms with Crippen LogP contribution in [0.15, 0.2) is 66.8 Å². The Hall–Kier alpha value is -3.78. The van der Waals surface area contributed by atoms with Gasteiger partial charge in [0.05, 0.1) is 25.1 Å². The van der Waals surface area contributed by atoms with E-state index in [0.717, 1.165) is 0 Å². The van der Waals surface area contributed by atoms with E-state index in [9.17, 15) is 19.8 Å². The minimum absolute atomic E-state index is 0.0299. The molecule has 0 spiro atoms. The lowest BCUT2D eigenvalue weighted by molar-refractivity contribution is -0.139. The number of phenols is 1. The average molecular weight is 468 g/mol. The number of aliphatic hydroxyl groups excluding tert-OH is 1. The van der Waals surface area contributed by atoms with Crippen molar-refractivity contribution < 1.29 is 24.5 Å². The van der Waals surface area contributed by atoms with E-state index in [2.05, 4.69) is 4.98 Å². The van der Waals surface area contributed by atoms with E-state index in [1.54, 1.807) is 48.9 Å². The molecule has 1 atom stereocenters. The summed E-state index contributed by atoms with van der Waals surface area (Å²) in [6.07, 6.45) is 5.73. The van der Waals surface area contributed by atoms with Crippen molar-refractivity contribution in [1.29, 1.82) is 0 Å². The zero-order valence-corrected chi connectivity index (χ0v) is 18.6. The lowest BCUT2D eigenvalue weighted by Crippen LogP contribution is -2.31. The Morgan fingerprint density at radius 1 is 1.15 bits per heavy atom. The largest absolute Gasteiger partial charge is 0.507 e. The molecular formula is C24H22ClN3O5. The molecule has 0 saturated carbocycles. The molecule has 33 heavy (non-hydrogen) atoms. The number of aromatic hydroxyl groups is 1. The van der Waals surface area contributed by atoms with Crippen LogP contribution in [0.1, 0.15) is 23.6 Å². The van der Waals surface area contributed by atoms with Gasteiger partial charge in [0.1, 0.15) is 5.76 Å². The van der Waals surface area contributed by atoms with Crippen molar-refractivity contribution in [3.63, 3.8) is 0 Å². The molecule has 1 saturated heterocycles. The minimum Gasteiger partial charge on any atom is -0.507 e. The third kappa shape index (κ3) is 4.42. The summed E-state index contributed by atoms with van der Waals surface area (Å²) in [7, 11) is 1.41. The Morgan fingerprint density at radius 2 is 1.91 bits per heavy atom. The van der Waals surface area contributed by atoms with Gasteiger partial charge in [0, 0.05) is 36.1 Å². The molecule has 9 heteroatoms. The van der Waals surface area contributed by atoms with E-state index in [1.807, 2.05) is 10.8 Å². The van der Waals surface area contributed by atoms with Crippen LogP contribution >= 0.6 is 11.6 Å². The number of phenolic OH excluding ortho intramolecular Hbond substituents is 1. The Kier molecular flexibility index (Phi) is 6.37. The van der Waals surface area contributed by atoms with Gasteiger partial charge in [0.25, 0.3) is 11.7 Å². The van der Waals surface area contributed by atoms with Gasteiger partial charge in [-0.25, -0.2) is 4.98 Å². The Morgan fingerprint density at radius 3 is 2.58 bits per heavy atom. The van der Waals surface area contributed by atoms with Gasteiger partial charge in [-0.1, -0.05) is 17.7 Å². The number of aliphatic hydroxyl groups is 1. The molecule has 0 aliphatic carbocycles. The number of rotatable bonds is 7. The van der Waals surface area contributed by atoms with E-state index >= 15 is 0 Å². The topological polar surface area (TPSA) is 105 Å². The highest BCUT2D eigenvalue weighted by atomic mass is 35.5. The summed E-state index contributed by atoms with van der Waals surface area (Å²) in [6, 6.07) is 10.1. The highest BCUT2D eigenvalue weighted by Crippen LogP contribution is 2.41. The molecule has 1 aliphatic rings. The number of nitrogens with zero attached hydrogens (tertiary/aromatic N) is 3. The predicted octanol–water partition coefficient (Wildman–Crippen LogP) is 3.76.